The van der Waals surface area contributed by atoms with Gasteiger partial charge in [0.25, 0.3) is 10.0 Å². The van der Waals surface area contributed by atoms with E-state index in [2.05, 4.69) is 10.1 Å². The lowest BCUT2D eigenvalue weighted by Crippen LogP contribution is -2.27. The van der Waals surface area contributed by atoms with Crippen LogP contribution in [0.3, 0.4) is 0 Å². The Morgan fingerprint density at radius 2 is 1.68 bits per heavy atom. The lowest BCUT2D eigenvalue weighted by atomic mass is 9.99. The third-order valence-corrected chi connectivity index (χ3v) is 8.04. The van der Waals surface area contributed by atoms with Crippen LogP contribution >= 0.6 is 0 Å². The first kappa shape index (κ1) is 23.1. The van der Waals surface area contributed by atoms with Gasteiger partial charge in [0.2, 0.25) is 5.56 Å². The molecule has 0 unspecified atom stereocenters. The summed E-state index contributed by atoms with van der Waals surface area (Å²) < 4.78 is 62.0. The molecule has 5 aromatic rings. The minimum atomic E-state index is -4.20. The first-order valence-electron chi connectivity index (χ1n) is 11.5. The summed E-state index contributed by atoms with van der Waals surface area (Å²) in [6, 6.07) is 17.1. The molecule has 0 amide bonds. The van der Waals surface area contributed by atoms with Gasteiger partial charge in [-0.3, -0.25) is 4.79 Å². The Morgan fingerprint density at radius 1 is 0.892 bits per heavy atom. The molecule has 0 bridgehead atoms. The second-order valence-electron chi connectivity index (χ2n) is 8.90. The quantitative estimate of drug-likeness (QED) is 0.303. The van der Waals surface area contributed by atoms with Crippen molar-refractivity contribution in [1.82, 2.24) is 10.1 Å². The molecular weight excluding hydrogens is 500 g/mol. The topological polar surface area (TPSA) is 96.3 Å². The molecule has 10 heteroatoms. The Balaban J connectivity index is 1.52. The first-order valence-corrected chi connectivity index (χ1v) is 12.9. The molecule has 0 aliphatic heterocycles. The number of pyridine rings is 1. The van der Waals surface area contributed by atoms with Crippen molar-refractivity contribution in [2.24, 2.45) is 0 Å². The highest BCUT2D eigenvalue weighted by Gasteiger charge is 2.35. The van der Waals surface area contributed by atoms with Crippen molar-refractivity contribution in [3.05, 3.63) is 107 Å². The Bertz CT molecular complexity index is 1790. The minimum Gasteiger partial charge on any atom is -0.363 e. The molecule has 1 fully saturated rings. The van der Waals surface area contributed by atoms with E-state index in [9.17, 15) is 22.0 Å². The highest BCUT2D eigenvalue weighted by atomic mass is 32.2. The highest BCUT2D eigenvalue weighted by Crippen LogP contribution is 2.48. The number of benzene rings is 3. The number of hydrogen-bond donors (Lipinski definition) is 1. The molecule has 186 valence electrons. The van der Waals surface area contributed by atoms with Crippen molar-refractivity contribution in [1.29, 1.82) is 0 Å². The summed E-state index contributed by atoms with van der Waals surface area (Å²) in [5.41, 5.74) is 2.23. The molecule has 37 heavy (non-hydrogen) atoms. The third kappa shape index (κ3) is 4.29. The Labute approximate surface area is 210 Å². The number of nitrogens with one attached hydrogen (secondary N) is 1. The summed E-state index contributed by atoms with van der Waals surface area (Å²) in [5, 5.41) is 4.46. The lowest BCUT2D eigenvalue weighted by Gasteiger charge is -2.25. The van der Waals surface area contributed by atoms with Crippen molar-refractivity contribution in [3.63, 3.8) is 0 Å². The predicted molar refractivity (Wildman–Crippen MR) is 134 cm³/mol. The first-order chi connectivity index (χ1) is 17.8. The van der Waals surface area contributed by atoms with Gasteiger partial charge in [0.15, 0.2) is 5.82 Å². The number of nitrogens with zero attached hydrogens (tertiary/aromatic N) is 2. The fraction of sp³-hybridized carbons (Fsp3) is 0.111. The van der Waals surface area contributed by atoms with Crippen LogP contribution in [0.1, 0.15) is 24.3 Å². The van der Waals surface area contributed by atoms with Gasteiger partial charge < -0.3 is 9.51 Å². The van der Waals surface area contributed by atoms with E-state index in [-0.39, 0.29) is 22.2 Å². The molecule has 1 aliphatic rings. The van der Waals surface area contributed by atoms with Crippen LogP contribution in [0.25, 0.3) is 22.0 Å². The Morgan fingerprint density at radius 3 is 2.38 bits per heavy atom. The molecule has 0 atom stereocenters. The summed E-state index contributed by atoms with van der Waals surface area (Å²) in [6.45, 7) is 0. The molecule has 7 nitrogen and oxygen atoms in total. The number of sulfonamides is 1. The van der Waals surface area contributed by atoms with Crippen LogP contribution in [0.2, 0.25) is 0 Å². The summed E-state index contributed by atoms with van der Waals surface area (Å²) >= 11 is 0. The van der Waals surface area contributed by atoms with Crippen molar-refractivity contribution in [2.75, 3.05) is 4.31 Å². The zero-order valence-corrected chi connectivity index (χ0v) is 20.0. The van der Waals surface area contributed by atoms with Gasteiger partial charge in [0, 0.05) is 23.7 Å². The van der Waals surface area contributed by atoms with Crippen LogP contribution in [0.5, 0.6) is 0 Å². The van der Waals surface area contributed by atoms with Gasteiger partial charge in [-0.05, 0) is 89.4 Å². The maximum absolute atomic E-state index is 14.1. The number of aromatic nitrogens is 2. The van der Waals surface area contributed by atoms with E-state index in [0.717, 1.165) is 28.8 Å². The summed E-state index contributed by atoms with van der Waals surface area (Å²) in [4.78, 5) is 14.3. The van der Waals surface area contributed by atoms with Gasteiger partial charge in [-0.1, -0.05) is 11.2 Å². The van der Waals surface area contributed by atoms with Gasteiger partial charge in [0.1, 0.15) is 17.9 Å². The number of anilines is 2. The van der Waals surface area contributed by atoms with Crippen LogP contribution in [-0.4, -0.2) is 18.6 Å². The molecule has 3 aromatic carbocycles. The van der Waals surface area contributed by atoms with E-state index in [0.29, 0.717) is 27.7 Å². The molecule has 1 N–H and O–H groups in total. The van der Waals surface area contributed by atoms with Crippen LogP contribution < -0.4 is 9.86 Å². The van der Waals surface area contributed by atoms with E-state index in [1.807, 2.05) is 0 Å². The number of fused-ring (bicyclic) bond motifs is 1. The number of halogens is 2. The molecular formula is C27H19F2N3O4S. The van der Waals surface area contributed by atoms with Crippen LogP contribution in [0, 0.1) is 11.6 Å². The summed E-state index contributed by atoms with van der Waals surface area (Å²) in [7, 11) is -4.20. The standard InChI is InChI=1S/C27H19F2N3O4S/c28-20-11-19(12-21(29)15-20)17-3-7-25(23(14-17)16-1-2-16)32(26-9-10-36-31-26)37(34,35)22-5-6-24-18(13-22)4-8-27(33)30-24/h3-16H,1-2H2,(H,30,33). The Hall–Kier alpha value is -4.31. The third-order valence-electron chi connectivity index (χ3n) is 6.33. The largest absolute Gasteiger partial charge is 0.363 e. The molecule has 2 heterocycles. The lowest BCUT2D eigenvalue weighted by molar-refractivity contribution is 0.421. The fourth-order valence-electron chi connectivity index (χ4n) is 4.45. The van der Waals surface area contributed by atoms with Gasteiger partial charge in [0.05, 0.1) is 10.6 Å². The average Bonchev–Trinajstić information content (AvgIpc) is 3.58. The molecule has 0 saturated heterocycles. The van der Waals surface area contributed by atoms with Crippen LogP contribution in [0.15, 0.2) is 93.3 Å². The van der Waals surface area contributed by atoms with Crippen molar-refractivity contribution in [3.8, 4) is 11.1 Å². The number of H-pyrrole nitrogens is 1. The maximum atomic E-state index is 14.1. The van der Waals surface area contributed by atoms with Crippen molar-refractivity contribution < 1.29 is 21.7 Å². The second kappa shape index (κ2) is 8.67. The fourth-order valence-corrected chi connectivity index (χ4v) is 5.94. The molecule has 1 saturated carbocycles. The normalized spacial score (nSPS) is 13.7. The molecule has 0 radical (unpaired) electrons. The predicted octanol–water partition coefficient (Wildman–Crippen LogP) is 5.87. The number of hydrogen-bond acceptors (Lipinski definition) is 5. The molecule has 1 aliphatic carbocycles. The summed E-state index contributed by atoms with van der Waals surface area (Å²) in [5.74, 6) is -1.25. The highest BCUT2D eigenvalue weighted by molar-refractivity contribution is 7.93. The molecule has 2 aromatic heterocycles. The summed E-state index contributed by atoms with van der Waals surface area (Å²) in [6.07, 6.45) is 2.98. The van der Waals surface area contributed by atoms with E-state index in [1.165, 1.54) is 48.7 Å². The average molecular weight is 520 g/mol. The van der Waals surface area contributed by atoms with Gasteiger partial charge in [-0.2, -0.15) is 0 Å². The van der Waals surface area contributed by atoms with E-state index < -0.39 is 21.7 Å². The van der Waals surface area contributed by atoms with Gasteiger partial charge in [-0.15, -0.1) is 0 Å². The zero-order chi connectivity index (χ0) is 25.7. The van der Waals surface area contributed by atoms with Crippen molar-refractivity contribution in [2.45, 2.75) is 23.7 Å². The Kier molecular flexibility index (Phi) is 5.41. The van der Waals surface area contributed by atoms with E-state index in [1.54, 1.807) is 24.3 Å². The molecule has 6 rings (SSSR count). The number of rotatable bonds is 6. The van der Waals surface area contributed by atoms with Gasteiger partial charge in [-0.25, -0.2) is 21.5 Å². The maximum Gasteiger partial charge on any atom is 0.270 e. The monoisotopic (exact) mass is 519 g/mol. The zero-order valence-electron chi connectivity index (χ0n) is 19.2. The number of aromatic amines is 1. The minimum absolute atomic E-state index is 0.00641. The van der Waals surface area contributed by atoms with Crippen molar-refractivity contribution >= 4 is 32.4 Å². The molecule has 0 spiro atoms. The second-order valence-corrected chi connectivity index (χ2v) is 10.7. The SMILES string of the molecule is O=c1ccc2cc(S(=O)(=O)N(c3ccon3)c3ccc(-c4cc(F)cc(F)c4)cc3C3CC3)ccc2[nH]1. The van der Waals surface area contributed by atoms with Gasteiger partial charge >= 0.3 is 0 Å². The smallest absolute Gasteiger partial charge is 0.270 e. The van der Waals surface area contributed by atoms with E-state index >= 15 is 0 Å². The van der Waals surface area contributed by atoms with Crippen LogP contribution in [0.4, 0.5) is 20.3 Å². The van der Waals surface area contributed by atoms with E-state index in [4.69, 9.17) is 4.52 Å². The van der Waals surface area contributed by atoms with Crippen LogP contribution in [-0.2, 0) is 10.0 Å².